The first-order valence-corrected chi connectivity index (χ1v) is 9.08. The van der Waals surface area contributed by atoms with Crippen LogP contribution in [0.2, 0.25) is 5.02 Å². The molecule has 6 heteroatoms. The van der Waals surface area contributed by atoms with Gasteiger partial charge in [-0.1, -0.05) is 35.9 Å². The summed E-state index contributed by atoms with van der Waals surface area (Å²) in [6, 6.07) is 15.0. The van der Waals surface area contributed by atoms with Crippen molar-refractivity contribution < 1.29 is 9.59 Å². The number of likely N-dealkylation sites (tertiary alicyclic amines) is 1. The van der Waals surface area contributed by atoms with Gasteiger partial charge in [0.2, 0.25) is 5.91 Å². The molecule has 0 saturated carbocycles. The second-order valence-corrected chi connectivity index (χ2v) is 6.93. The van der Waals surface area contributed by atoms with Gasteiger partial charge in [0.05, 0.1) is 0 Å². The highest BCUT2D eigenvalue weighted by Gasteiger charge is 2.22. The van der Waals surface area contributed by atoms with Crippen molar-refractivity contribution in [3.8, 4) is 11.1 Å². The number of nitrogens with one attached hydrogen (secondary N) is 2. The smallest absolute Gasteiger partial charge is 0.319 e. The molecule has 0 unspecified atom stereocenters. The van der Waals surface area contributed by atoms with E-state index in [1.165, 1.54) is 0 Å². The van der Waals surface area contributed by atoms with Crippen LogP contribution in [0.5, 0.6) is 0 Å². The van der Waals surface area contributed by atoms with Crippen LogP contribution in [0.4, 0.5) is 10.5 Å². The van der Waals surface area contributed by atoms with Gasteiger partial charge in [-0.25, -0.2) is 4.79 Å². The average molecular weight is 372 g/mol. The molecule has 26 heavy (non-hydrogen) atoms. The van der Waals surface area contributed by atoms with Gasteiger partial charge in [-0.15, -0.1) is 0 Å². The number of anilines is 1. The molecule has 5 nitrogen and oxygen atoms in total. The fraction of sp³-hybridized carbons (Fsp3) is 0.300. The molecule has 2 aromatic rings. The zero-order valence-corrected chi connectivity index (χ0v) is 15.4. The number of urea groups is 1. The van der Waals surface area contributed by atoms with Crippen LogP contribution in [-0.4, -0.2) is 36.0 Å². The third kappa shape index (κ3) is 4.76. The van der Waals surface area contributed by atoms with Crippen molar-refractivity contribution in [3.05, 3.63) is 53.6 Å². The fourth-order valence-electron chi connectivity index (χ4n) is 3.15. The van der Waals surface area contributed by atoms with E-state index in [0.717, 1.165) is 30.5 Å². The van der Waals surface area contributed by atoms with E-state index in [4.69, 9.17) is 11.6 Å². The Kier molecular flexibility index (Phi) is 5.78. The van der Waals surface area contributed by atoms with Crippen molar-refractivity contribution in [1.82, 2.24) is 10.2 Å². The van der Waals surface area contributed by atoms with Crippen molar-refractivity contribution in [2.24, 2.45) is 0 Å². The standard InChI is InChI=1S/C20H22ClN3O2/c1-14(25)24-11-3-6-19(13-24)23-20(26)22-18-9-7-15(8-10-18)16-4-2-5-17(21)12-16/h2,4-5,7-10,12,19H,3,6,11,13H2,1H3,(H2,22,23,26)/t19-/m0/s1. The van der Waals surface area contributed by atoms with Crippen LogP contribution in [-0.2, 0) is 4.79 Å². The Morgan fingerprint density at radius 1 is 1.12 bits per heavy atom. The molecule has 1 fully saturated rings. The lowest BCUT2D eigenvalue weighted by Crippen LogP contribution is -2.50. The minimum Gasteiger partial charge on any atom is -0.341 e. The summed E-state index contributed by atoms with van der Waals surface area (Å²) in [6.07, 6.45) is 1.78. The minimum atomic E-state index is -0.254. The van der Waals surface area contributed by atoms with Crippen LogP contribution in [0, 0.1) is 0 Å². The van der Waals surface area contributed by atoms with E-state index >= 15 is 0 Å². The van der Waals surface area contributed by atoms with E-state index in [1.54, 1.807) is 11.8 Å². The number of nitrogens with zero attached hydrogens (tertiary/aromatic N) is 1. The van der Waals surface area contributed by atoms with E-state index in [1.807, 2.05) is 48.5 Å². The Bertz CT molecular complexity index is 792. The molecule has 1 saturated heterocycles. The number of amides is 3. The Morgan fingerprint density at radius 3 is 2.58 bits per heavy atom. The maximum Gasteiger partial charge on any atom is 0.319 e. The van der Waals surface area contributed by atoms with E-state index in [2.05, 4.69) is 10.6 Å². The van der Waals surface area contributed by atoms with Gasteiger partial charge in [0.1, 0.15) is 0 Å². The SMILES string of the molecule is CC(=O)N1CCC[C@H](NC(=O)Nc2ccc(-c3cccc(Cl)c3)cc2)C1. The highest BCUT2D eigenvalue weighted by atomic mass is 35.5. The normalized spacial score (nSPS) is 16.8. The van der Waals surface area contributed by atoms with Crippen LogP contribution in [0.1, 0.15) is 19.8 Å². The molecule has 2 aromatic carbocycles. The molecule has 2 N–H and O–H groups in total. The molecule has 0 bridgehead atoms. The van der Waals surface area contributed by atoms with Crippen molar-refractivity contribution in [2.45, 2.75) is 25.8 Å². The third-order valence-corrected chi connectivity index (χ3v) is 4.74. The fourth-order valence-corrected chi connectivity index (χ4v) is 3.34. The van der Waals surface area contributed by atoms with Crippen LogP contribution >= 0.6 is 11.6 Å². The Balaban J connectivity index is 1.57. The molecule has 0 radical (unpaired) electrons. The van der Waals surface area contributed by atoms with Gasteiger partial charge >= 0.3 is 6.03 Å². The molecule has 3 amide bonds. The lowest BCUT2D eigenvalue weighted by atomic mass is 10.1. The van der Waals surface area contributed by atoms with Gasteiger partial charge < -0.3 is 15.5 Å². The minimum absolute atomic E-state index is 0.0154. The number of carbonyl (C=O) groups is 2. The molecule has 1 aliphatic rings. The van der Waals surface area contributed by atoms with E-state index in [9.17, 15) is 9.59 Å². The van der Waals surface area contributed by atoms with E-state index < -0.39 is 0 Å². The molecule has 1 atom stereocenters. The molecule has 0 aromatic heterocycles. The Labute approximate surface area is 158 Å². The first-order chi connectivity index (χ1) is 12.5. The second kappa shape index (κ2) is 8.23. The van der Waals surface area contributed by atoms with Gasteiger partial charge in [0, 0.05) is 36.8 Å². The molecule has 0 spiro atoms. The van der Waals surface area contributed by atoms with Gasteiger partial charge in [-0.05, 0) is 48.2 Å². The number of piperidine rings is 1. The maximum absolute atomic E-state index is 12.2. The summed E-state index contributed by atoms with van der Waals surface area (Å²) in [7, 11) is 0. The van der Waals surface area contributed by atoms with Gasteiger partial charge in [-0.2, -0.15) is 0 Å². The lowest BCUT2D eigenvalue weighted by Gasteiger charge is -2.32. The second-order valence-electron chi connectivity index (χ2n) is 6.49. The molecular weight excluding hydrogens is 350 g/mol. The number of benzene rings is 2. The van der Waals surface area contributed by atoms with E-state index in [0.29, 0.717) is 17.3 Å². The molecule has 136 valence electrons. The highest BCUT2D eigenvalue weighted by Crippen LogP contribution is 2.24. The van der Waals surface area contributed by atoms with E-state index in [-0.39, 0.29) is 18.0 Å². The Hall–Kier alpha value is -2.53. The zero-order valence-electron chi connectivity index (χ0n) is 14.7. The predicted molar refractivity (Wildman–Crippen MR) is 104 cm³/mol. The summed E-state index contributed by atoms with van der Waals surface area (Å²) in [6.45, 7) is 2.89. The monoisotopic (exact) mass is 371 g/mol. The van der Waals surface area contributed by atoms with Crippen LogP contribution in [0.3, 0.4) is 0 Å². The number of hydrogen-bond acceptors (Lipinski definition) is 2. The van der Waals surface area contributed by atoms with Crippen LogP contribution < -0.4 is 10.6 Å². The third-order valence-electron chi connectivity index (χ3n) is 4.50. The van der Waals surface area contributed by atoms with Crippen LogP contribution in [0.25, 0.3) is 11.1 Å². The molecule has 1 heterocycles. The first-order valence-electron chi connectivity index (χ1n) is 8.70. The predicted octanol–water partition coefficient (Wildman–Crippen LogP) is 4.14. The summed E-state index contributed by atoms with van der Waals surface area (Å²) in [5.41, 5.74) is 2.77. The summed E-state index contributed by atoms with van der Waals surface area (Å²) in [5, 5.41) is 6.48. The van der Waals surface area contributed by atoms with Gasteiger partial charge in [-0.3, -0.25) is 4.79 Å². The van der Waals surface area contributed by atoms with Crippen molar-refractivity contribution in [2.75, 3.05) is 18.4 Å². The topological polar surface area (TPSA) is 61.4 Å². The summed E-state index contributed by atoms with van der Waals surface area (Å²) >= 11 is 6.03. The van der Waals surface area contributed by atoms with Crippen molar-refractivity contribution >= 4 is 29.2 Å². The molecule has 1 aliphatic heterocycles. The van der Waals surface area contributed by atoms with Crippen LogP contribution in [0.15, 0.2) is 48.5 Å². The largest absolute Gasteiger partial charge is 0.341 e. The first kappa shape index (κ1) is 18.3. The highest BCUT2D eigenvalue weighted by molar-refractivity contribution is 6.30. The van der Waals surface area contributed by atoms with Gasteiger partial charge in [0.15, 0.2) is 0 Å². The Morgan fingerprint density at radius 2 is 1.88 bits per heavy atom. The molecule has 3 rings (SSSR count). The summed E-state index contributed by atoms with van der Waals surface area (Å²) in [5.74, 6) is 0.0495. The van der Waals surface area contributed by atoms with Crippen molar-refractivity contribution in [3.63, 3.8) is 0 Å². The number of hydrogen-bond donors (Lipinski definition) is 2. The number of halogens is 1. The number of rotatable bonds is 3. The lowest BCUT2D eigenvalue weighted by molar-refractivity contribution is -0.130. The van der Waals surface area contributed by atoms with Crippen molar-refractivity contribution in [1.29, 1.82) is 0 Å². The van der Waals surface area contributed by atoms with Gasteiger partial charge in [0.25, 0.3) is 0 Å². The summed E-state index contributed by atoms with van der Waals surface area (Å²) in [4.78, 5) is 25.5. The molecule has 0 aliphatic carbocycles. The maximum atomic E-state index is 12.2. The summed E-state index contributed by atoms with van der Waals surface area (Å²) < 4.78 is 0. The average Bonchev–Trinajstić information content (AvgIpc) is 2.62. The quantitative estimate of drug-likeness (QED) is 0.851. The number of carbonyl (C=O) groups excluding carboxylic acids is 2. The molecular formula is C20H22ClN3O2. The zero-order chi connectivity index (χ0) is 18.5.